The maximum Gasteiger partial charge on any atom is 0.327 e. The van der Waals surface area contributed by atoms with Gasteiger partial charge in [-0.05, 0) is 55.9 Å². The Hall–Kier alpha value is -8.49. The lowest BCUT2D eigenvalue weighted by molar-refractivity contribution is -0.142. The number of primary amides is 2. The molecule has 32 heteroatoms. The number of carbonyl (C=O) groups is 11. The van der Waals surface area contributed by atoms with Gasteiger partial charge in [-0.2, -0.15) is 25.3 Å². The van der Waals surface area contributed by atoms with Crippen molar-refractivity contribution in [3.8, 4) is 5.75 Å². The number of aliphatic carboxylic acids is 1. The van der Waals surface area contributed by atoms with Crippen LogP contribution in [0, 0.1) is 0 Å². The summed E-state index contributed by atoms with van der Waals surface area (Å²) in [6, 6.07) is 0.351. The van der Waals surface area contributed by atoms with Crippen molar-refractivity contribution in [3.05, 3.63) is 83.9 Å². The van der Waals surface area contributed by atoms with Gasteiger partial charge in [0.2, 0.25) is 59.1 Å². The number of carbonyl (C=O) groups excluding carboxylic acids is 10. The number of nitrogens with zero attached hydrogens (tertiary/aromatic N) is 2. The maximum absolute atomic E-state index is 14.5. The summed E-state index contributed by atoms with van der Waals surface area (Å²) in [5.41, 5.74) is 28.9. The van der Waals surface area contributed by atoms with Crippen LogP contribution >= 0.6 is 25.3 Å². The summed E-state index contributed by atoms with van der Waals surface area (Å²) in [7, 11) is 0. The largest absolute Gasteiger partial charge is 0.508 e. The van der Waals surface area contributed by atoms with E-state index in [1.54, 1.807) is 30.3 Å². The molecule has 1 heterocycles. The van der Waals surface area contributed by atoms with Gasteiger partial charge in [0, 0.05) is 62.0 Å². The average Bonchev–Trinajstić information content (AvgIpc) is 3.96. The van der Waals surface area contributed by atoms with Gasteiger partial charge in [0.1, 0.15) is 54.1 Å². The summed E-state index contributed by atoms with van der Waals surface area (Å²) in [6.07, 6.45) is -1.89. The lowest BCUT2D eigenvalue weighted by Crippen LogP contribution is -2.62. The highest BCUT2D eigenvalue weighted by atomic mass is 32.1. The number of H-pyrrole nitrogens is 1. The number of phenols is 1. The first-order valence-electron chi connectivity index (χ1n) is 25.5. The van der Waals surface area contributed by atoms with Crippen LogP contribution in [0.2, 0.25) is 0 Å². The maximum atomic E-state index is 14.5. The molecule has 22 N–H and O–H groups in total. The van der Waals surface area contributed by atoms with E-state index in [0.29, 0.717) is 16.8 Å². The summed E-state index contributed by atoms with van der Waals surface area (Å²) in [5.74, 6) is -12.1. The molecule has 0 unspecified atom stereocenters. The summed E-state index contributed by atoms with van der Waals surface area (Å²) in [4.78, 5) is 158. The average molecular weight is 1190 g/mol. The number of aromatic hydroxyl groups is 1. The number of guanidine groups is 1. The van der Waals surface area contributed by atoms with E-state index in [1.165, 1.54) is 36.8 Å². The van der Waals surface area contributed by atoms with Crippen molar-refractivity contribution in [2.75, 3.05) is 18.1 Å². The van der Waals surface area contributed by atoms with Crippen molar-refractivity contribution < 1.29 is 68.1 Å². The predicted octanol–water partition coefficient (Wildman–Crippen LogP) is -5.74. The highest BCUT2D eigenvalue weighted by Crippen LogP contribution is 2.14. The van der Waals surface area contributed by atoms with Crippen LogP contribution in [0.15, 0.2) is 72.1 Å². The van der Waals surface area contributed by atoms with E-state index in [9.17, 15) is 68.1 Å². The molecule has 0 aliphatic heterocycles. The number of thiol groups is 2. The number of benzene rings is 2. The van der Waals surface area contributed by atoms with Crippen LogP contribution in [0.1, 0.15) is 62.3 Å². The van der Waals surface area contributed by atoms with E-state index in [0.717, 1.165) is 6.92 Å². The molecule has 0 saturated heterocycles. The third-order valence-electron chi connectivity index (χ3n) is 12.1. The van der Waals surface area contributed by atoms with Gasteiger partial charge in [-0.3, -0.25) is 52.9 Å². The molecule has 3 aromatic rings. The minimum atomic E-state index is -1.92. The molecular weight excluding hydrogens is 1110 g/mol. The number of nitrogens with one attached hydrogen (secondary N) is 9. The van der Waals surface area contributed by atoms with E-state index in [4.69, 9.17) is 28.7 Å². The number of nitrogens with two attached hydrogens (primary N) is 5. The highest BCUT2D eigenvalue weighted by molar-refractivity contribution is 7.80. The Balaban J connectivity index is 1.98. The van der Waals surface area contributed by atoms with Crippen LogP contribution < -0.4 is 71.2 Å². The fourth-order valence-corrected chi connectivity index (χ4v) is 8.09. The van der Waals surface area contributed by atoms with Gasteiger partial charge in [-0.15, -0.1) is 0 Å². The molecule has 10 amide bonds. The monoisotopic (exact) mass is 1180 g/mol. The first-order chi connectivity index (χ1) is 38.8. The number of aromatic amines is 1. The fourth-order valence-electron chi connectivity index (χ4n) is 7.67. The Bertz CT molecular complexity index is 2680. The van der Waals surface area contributed by atoms with Crippen LogP contribution in [0.4, 0.5) is 0 Å². The smallest absolute Gasteiger partial charge is 0.327 e. The molecule has 0 aliphatic rings. The summed E-state index contributed by atoms with van der Waals surface area (Å²) in [5, 5.41) is 49.9. The molecule has 2 aromatic carbocycles. The van der Waals surface area contributed by atoms with E-state index >= 15 is 0 Å². The molecule has 82 heavy (non-hydrogen) atoms. The van der Waals surface area contributed by atoms with Gasteiger partial charge < -0.3 is 91.5 Å². The number of imidazole rings is 1. The zero-order valence-corrected chi connectivity index (χ0v) is 46.4. The molecule has 1 aromatic heterocycles. The molecule has 0 aliphatic carbocycles. The van der Waals surface area contributed by atoms with Gasteiger partial charge in [0.15, 0.2) is 5.96 Å². The standard InChI is InChI=1S/C50H72N16O14S2/c1-25(67)40(48(78)61-31(8-5-17-57-50(54)55)42(72)59-32(13-15-38(52)69)43(73)65-37(23-82)49(79)80)66-44(74)33(14-16-39(53)70)60-47(77)36(20-28-21-56-24-58-28)64-46(76)35(18-26-6-3-2-4-7-26)63-45(75)34(62-41(71)30(51)22-81)19-27-9-11-29(68)12-10-27/h2-4,6-7,9-12,21,24-25,30-37,40,67-68,81-82H,5,8,13-20,22-23,51H2,1H3,(H2,52,69)(H2,53,70)(H,56,58)(H,59,72)(H,60,77)(H,61,78)(H,62,71)(H,63,75)(H,64,76)(H,65,73)(H,66,74)(H,79,80)(H4,54,55,57)/t25-,30+,31+,32+,33+,34+,35+,36+,37+,40+/m1/s1. The second kappa shape index (κ2) is 34.6. The Morgan fingerprint density at radius 1 is 0.573 bits per heavy atom. The zero-order valence-electron chi connectivity index (χ0n) is 44.6. The number of phenolic OH excluding ortho intramolecular Hbond substituents is 1. The normalized spacial score (nSPS) is 14.6. The minimum absolute atomic E-state index is 0.00333. The molecule has 0 bridgehead atoms. The SMILES string of the molecule is C[C@@H](O)[C@H](NC(=O)[C@H](CCC(N)=O)NC(=O)[C@H](Cc1cnc[nH]1)NC(=O)[C@H](Cc1ccccc1)NC(=O)[C@H](Cc1ccc(O)cc1)NC(=O)[C@@H](N)CS)C(=O)N[C@@H](CCCN=C(N)N)C(=O)N[C@@H](CCC(N)=O)C(=O)N[C@@H](CS)C(=O)O. The van der Waals surface area contributed by atoms with Crippen molar-refractivity contribution in [1.29, 1.82) is 0 Å². The lowest BCUT2D eigenvalue weighted by atomic mass is 10.0. The van der Waals surface area contributed by atoms with Crippen molar-refractivity contribution in [3.63, 3.8) is 0 Å². The molecule has 0 fully saturated rings. The van der Waals surface area contributed by atoms with Gasteiger partial charge in [-0.25, -0.2) is 9.78 Å². The number of amides is 10. The second-order valence-corrected chi connectivity index (χ2v) is 19.5. The number of aliphatic hydroxyl groups is 1. The number of hydrogen-bond acceptors (Lipinski definition) is 18. The Labute approximate surface area is 481 Å². The zero-order chi connectivity index (χ0) is 61.1. The highest BCUT2D eigenvalue weighted by Gasteiger charge is 2.37. The molecule has 10 atom stereocenters. The van der Waals surface area contributed by atoms with Gasteiger partial charge in [0.25, 0.3) is 0 Å². The Morgan fingerprint density at radius 3 is 1.46 bits per heavy atom. The first-order valence-corrected chi connectivity index (χ1v) is 26.8. The van der Waals surface area contributed by atoms with Crippen LogP contribution in [0.5, 0.6) is 5.75 Å². The summed E-state index contributed by atoms with van der Waals surface area (Å²) >= 11 is 8.00. The number of carboxylic acids is 1. The van der Waals surface area contributed by atoms with Crippen molar-refractivity contribution in [2.45, 2.75) is 125 Å². The quantitative estimate of drug-likeness (QED) is 0.0112. The van der Waals surface area contributed by atoms with Crippen LogP contribution in [0.25, 0.3) is 0 Å². The lowest BCUT2D eigenvalue weighted by Gasteiger charge is -2.29. The van der Waals surface area contributed by atoms with E-state index in [1.807, 2.05) is 0 Å². The summed E-state index contributed by atoms with van der Waals surface area (Å²) < 4.78 is 0. The van der Waals surface area contributed by atoms with Crippen molar-refractivity contribution in [2.24, 2.45) is 33.7 Å². The molecule has 0 radical (unpaired) electrons. The molecule has 0 spiro atoms. The minimum Gasteiger partial charge on any atom is -0.508 e. The van der Waals surface area contributed by atoms with E-state index in [-0.39, 0.29) is 61.9 Å². The Morgan fingerprint density at radius 2 is 1.01 bits per heavy atom. The number of hydrogen-bond donors (Lipinski definition) is 19. The number of carboxylic acid groups (broad SMARTS) is 1. The molecule has 448 valence electrons. The molecule has 3 rings (SSSR count). The van der Waals surface area contributed by atoms with Gasteiger partial charge in [0.05, 0.1) is 18.5 Å². The van der Waals surface area contributed by atoms with Gasteiger partial charge >= 0.3 is 5.97 Å². The molecule has 30 nitrogen and oxygen atoms in total. The predicted molar refractivity (Wildman–Crippen MR) is 301 cm³/mol. The van der Waals surface area contributed by atoms with E-state index in [2.05, 4.69) is 82.8 Å². The third kappa shape index (κ3) is 24.1. The molecular formula is C50H72N16O14S2. The second-order valence-electron chi connectivity index (χ2n) is 18.8. The topological polar surface area (TPSA) is 516 Å². The van der Waals surface area contributed by atoms with Crippen molar-refractivity contribution in [1.82, 2.24) is 52.5 Å². The summed E-state index contributed by atoms with van der Waals surface area (Å²) in [6.45, 7) is 1.02. The number of rotatable bonds is 36. The van der Waals surface area contributed by atoms with Crippen LogP contribution in [-0.2, 0) is 72.0 Å². The molecule has 0 saturated carbocycles. The Kier molecular flexibility index (Phi) is 28.6. The van der Waals surface area contributed by atoms with Crippen LogP contribution in [0.3, 0.4) is 0 Å². The number of aromatic nitrogens is 2. The number of aliphatic hydroxyl groups excluding tert-OH is 1. The van der Waals surface area contributed by atoms with E-state index < -0.39 is 151 Å². The van der Waals surface area contributed by atoms with Crippen molar-refractivity contribution >= 4 is 96.3 Å². The fraction of sp³-hybridized carbons (Fsp3) is 0.460. The van der Waals surface area contributed by atoms with Crippen LogP contribution in [-0.4, -0.2) is 175 Å². The van der Waals surface area contributed by atoms with Gasteiger partial charge in [-0.1, -0.05) is 42.5 Å². The number of aliphatic imine (C=N–C) groups is 1. The third-order valence-corrected chi connectivity index (χ3v) is 12.9. The first kappa shape index (κ1) is 67.8.